The Morgan fingerprint density at radius 2 is 2.06 bits per heavy atom. The van der Waals surface area contributed by atoms with Gasteiger partial charge >= 0.3 is 0 Å². The van der Waals surface area contributed by atoms with Gasteiger partial charge in [0.1, 0.15) is 10.9 Å². The number of thioether (sulfide) groups is 1. The van der Waals surface area contributed by atoms with Gasteiger partial charge in [0.2, 0.25) is 5.91 Å². The number of fused-ring (bicyclic) bond motifs is 1. The Bertz CT molecular complexity index is 1300. The van der Waals surface area contributed by atoms with E-state index in [1.807, 2.05) is 40.4 Å². The van der Waals surface area contributed by atoms with Gasteiger partial charge in [0.15, 0.2) is 0 Å². The number of nitrogens with one attached hydrogen (secondary N) is 1. The molecule has 1 aliphatic carbocycles. The molecule has 8 heteroatoms. The average Bonchev–Trinajstić information content (AvgIpc) is 3.67. The fourth-order valence-electron chi connectivity index (χ4n) is 5.24. The minimum Gasteiger partial charge on any atom is -0.350 e. The van der Waals surface area contributed by atoms with E-state index in [1.54, 1.807) is 16.2 Å². The van der Waals surface area contributed by atoms with E-state index in [1.165, 1.54) is 43.0 Å². The molecule has 1 saturated heterocycles. The highest BCUT2D eigenvalue weighted by atomic mass is 32.2. The van der Waals surface area contributed by atoms with Crippen molar-refractivity contribution in [2.75, 3.05) is 6.54 Å². The summed E-state index contributed by atoms with van der Waals surface area (Å²) in [5.74, 6) is 0.690. The standard InChI is InChI=1S/C28H31N3O2S3/c1-2-20-9-5-11-23-21(17-30(26(20)23)18-25(32)29-16-22-10-6-14-35-22)15-24-27(33)31(28(34)36-24)13-12-19-7-3-4-8-19/h5-6,9-11,14-15,17,19H,2-4,7-8,12-13,16,18H2,1H3,(H,29,32)/b24-15-. The van der Waals surface area contributed by atoms with Crippen molar-refractivity contribution in [2.45, 2.75) is 58.5 Å². The van der Waals surface area contributed by atoms with Crippen LogP contribution >= 0.6 is 35.3 Å². The van der Waals surface area contributed by atoms with Crippen LogP contribution in [0.15, 0.2) is 46.8 Å². The van der Waals surface area contributed by atoms with Crippen molar-refractivity contribution in [3.63, 3.8) is 0 Å². The number of para-hydroxylation sites is 1. The minimum absolute atomic E-state index is 0.00392. The zero-order valence-corrected chi connectivity index (χ0v) is 22.9. The van der Waals surface area contributed by atoms with Gasteiger partial charge in [-0.3, -0.25) is 14.5 Å². The summed E-state index contributed by atoms with van der Waals surface area (Å²) in [6.45, 7) is 3.60. The number of thiocarbonyl (C=S) groups is 1. The lowest BCUT2D eigenvalue weighted by Crippen LogP contribution is -2.30. The van der Waals surface area contributed by atoms with Crippen molar-refractivity contribution in [2.24, 2.45) is 5.92 Å². The molecule has 188 valence electrons. The van der Waals surface area contributed by atoms with Crippen LogP contribution in [0, 0.1) is 5.92 Å². The van der Waals surface area contributed by atoms with Crippen LogP contribution in [0.2, 0.25) is 0 Å². The molecule has 1 saturated carbocycles. The molecular weight excluding hydrogens is 507 g/mol. The first-order valence-corrected chi connectivity index (χ1v) is 14.8. The second-order valence-corrected chi connectivity index (χ2v) is 12.2. The van der Waals surface area contributed by atoms with Crippen LogP contribution in [0.25, 0.3) is 17.0 Å². The van der Waals surface area contributed by atoms with Gasteiger partial charge in [-0.1, -0.05) is 80.9 Å². The van der Waals surface area contributed by atoms with Gasteiger partial charge in [-0.15, -0.1) is 11.3 Å². The molecule has 3 aromatic rings. The van der Waals surface area contributed by atoms with Crippen LogP contribution in [0.5, 0.6) is 0 Å². The van der Waals surface area contributed by atoms with Crippen LogP contribution in [0.1, 0.15) is 55.0 Å². The normalized spacial score (nSPS) is 17.7. The van der Waals surface area contributed by atoms with Gasteiger partial charge in [-0.2, -0.15) is 0 Å². The van der Waals surface area contributed by atoms with Gasteiger partial charge < -0.3 is 9.88 Å². The lowest BCUT2D eigenvalue weighted by atomic mass is 10.0. The minimum atomic E-state index is -0.0315. The number of carbonyl (C=O) groups is 2. The number of hydrogen-bond acceptors (Lipinski definition) is 5. The number of carbonyl (C=O) groups excluding carboxylic acids is 2. The second kappa shape index (κ2) is 11.3. The van der Waals surface area contributed by atoms with Gasteiger partial charge in [0.05, 0.1) is 17.0 Å². The van der Waals surface area contributed by atoms with E-state index in [-0.39, 0.29) is 18.4 Å². The zero-order valence-electron chi connectivity index (χ0n) is 20.5. The third-order valence-electron chi connectivity index (χ3n) is 7.14. The van der Waals surface area contributed by atoms with Crippen molar-refractivity contribution in [1.82, 2.24) is 14.8 Å². The Kier molecular flexibility index (Phi) is 7.93. The third kappa shape index (κ3) is 5.45. The van der Waals surface area contributed by atoms with E-state index < -0.39 is 0 Å². The molecule has 0 spiro atoms. The first-order chi connectivity index (χ1) is 17.5. The molecule has 1 N–H and O–H groups in total. The number of amides is 2. The first-order valence-electron chi connectivity index (χ1n) is 12.7. The molecule has 2 aromatic heterocycles. The average molecular weight is 538 g/mol. The van der Waals surface area contributed by atoms with E-state index in [0.29, 0.717) is 22.3 Å². The molecule has 36 heavy (non-hydrogen) atoms. The second-order valence-electron chi connectivity index (χ2n) is 9.51. The predicted molar refractivity (Wildman–Crippen MR) is 154 cm³/mol. The van der Waals surface area contributed by atoms with E-state index in [9.17, 15) is 9.59 Å². The maximum atomic E-state index is 13.2. The number of benzene rings is 1. The number of nitrogens with zero attached hydrogens (tertiary/aromatic N) is 2. The van der Waals surface area contributed by atoms with Gasteiger partial charge in [-0.05, 0) is 41.8 Å². The van der Waals surface area contributed by atoms with E-state index in [0.717, 1.165) is 40.1 Å². The van der Waals surface area contributed by atoms with Crippen molar-refractivity contribution in [1.29, 1.82) is 0 Å². The summed E-state index contributed by atoms with van der Waals surface area (Å²) in [7, 11) is 0. The summed E-state index contributed by atoms with van der Waals surface area (Å²) in [5.41, 5.74) is 3.18. The Morgan fingerprint density at radius 1 is 1.22 bits per heavy atom. The summed E-state index contributed by atoms with van der Waals surface area (Å²) >= 11 is 8.60. The molecule has 0 bridgehead atoms. The molecule has 2 aliphatic rings. The van der Waals surface area contributed by atoms with Gasteiger partial charge in [0.25, 0.3) is 5.91 Å². The van der Waals surface area contributed by atoms with Crippen LogP contribution in [0.4, 0.5) is 0 Å². The molecule has 5 nitrogen and oxygen atoms in total. The highest BCUT2D eigenvalue weighted by Gasteiger charge is 2.32. The van der Waals surface area contributed by atoms with Crippen molar-refractivity contribution in [3.8, 4) is 0 Å². The number of thiophene rings is 1. The molecule has 1 aliphatic heterocycles. The first kappa shape index (κ1) is 25.2. The van der Waals surface area contributed by atoms with Crippen molar-refractivity contribution < 1.29 is 9.59 Å². The lowest BCUT2D eigenvalue weighted by Gasteiger charge is -2.17. The number of hydrogen-bond donors (Lipinski definition) is 1. The fourth-order valence-corrected chi connectivity index (χ4v) is 7.19. The van der Waals surface area contributed by atoms with E-state index >= 15 is 0 Å². The van der Waals surface area contributed by atoms with E-state index in [2.05, 4.69) is 24.4 Å². The molecule has 0 atom stereocenters. The molecule has 2 amide bonds. The van der Waals surface area contributed by atoms with Gasteiger partial charge in [0, 0.05) is 28.6 Å². The monoisotopic (exact) mass is 537 g/mol. The Balaban J connectivity index is 1.37. The molecule has 2 fully saturated rings. The SMILES string of the molecule is CCc1cccc2c(/C=C3\SC(=S)N(CCC4CCCC4)C3=O)cn(CC(=O)NCc3cccs3)c12. The van der Waals surface area contributed by atoms with E-state index in [4.69, 9.17) is 12.2 Å². The van der Waals surface area contributed by atoms with Gasteiger partial charge in [-0.25, -0.2) is 0 Å². The quantitative estimate of drug-likeness (QED) is 0.255. The summed E-state index contributed by atoms with van der Waals surface area (Å²) < 4.78 is 2.67. The molecule has 5 rings (SSSR count). The van der Waals surface area contributed by atoms with Crippen molar-refractivity contribution in [3.05, 3.63) is 62.8 Å². The number of aryl methyl sites for hydroxylation is 1. The maximum absolute atomic E-state index is 13.2. The summed E-state index contributed by atoms with van der Waals surface area (Å²) in [6.07, 6.45) is 11.0. The zero-order chi connectivity index (χ0) is 25.1. The molecule has 1 aromatic carbocycles. The largest absolute Gasteiger partial charge is 0.350 e. The predicted octanol–water partition coefficient (Wildman–Crippen LogP) is 6.36. The van der Waals surface area contributed by atoms with Crippen LogP contribution in [-0.2, 0) is 29.1 Å². The number of rotatable bonds is 9. The van der Waals surface area contributed by atoms with Crippen LogP contribution in [-0.4, -0.2) is 32.1 Å². The highest BCUT2D eigenvalue weighted by molar-refractivity contribution is 8.26. The smallest absolute Gasteiger partial charge is 0.266 e. The molecule has 3 heterocycles. The number of aromatic nitrogens is 1. The maximum Gasteiger partial charge on any atom is 0.266 e. The summed E-state index contributed by atoms with van der Waals surface area (Å²) in [5, 5.41) is 6.09. The Labute approximate surface area is 225 Å². The lowest BCUT2D eigenvalue weighted by molar-refractivity contribution is -0.122. The molecular formula is C28H31N3O2S3. The molecule has 0 radical (unpaired) electrons. The fraction of sp³-hybridized carbons (Fsp3) is 0.393. The Hall–Kier alpha value is -2.42. The third-order valence-corrected chi connectivity index (χ3v) is 9.40. The van der Waals surface area contributed by atoms with Crippen molar-refractivity contribution >= 4 is 68.4 Å². The van der Waals surface area contributed by atoms with Crippen LogP contribution < -0.4 is 5.32 Å². The Morgan fingerprint density at radius 3 is 2.81 bits per heavy atom. The topological polar surface area (TPSA) is 54.3 Å². The highest BCUT2D eigenvalue weighted by Crippen LogP contribution is 2.36. The molecule has 0 unspecified atom stereocenters. The summed E-state index contributed by atoms with van der Waals surface area (Å²) in [6, 6.07) is 10.2. The summed E-state index contributed by atoms with van der Waals surface area (Å²) in [4.78, 5) is 29.6. The van der Waals surface area contributed by atoms with Crippen LogP contribution in [0.3, 0.4) is 0 Å².